The van der Waals surface area contributed by atoms with E-state index < -0.39 is 0 Å². The second-order valence-electron chi connectivity index (χ2n) is 6.59. The van der Waals surface area contributed by atoms with Gasteiger partial charge >= 0.3 is 0 Å². The molecule has 24 heavy (non-hydrogen) atoms. The second-order valence-corrected chi connectivity index (χ2v) is 6.59. The first-order chi connectivity index (χ1) is 11.7. The fraction of sp³-hybridized carbons (Fsp3) is 0.400. The van der Waals surface area contributed by atoms with E-state index in [4.69, 9.17) is 14.2 Å². The van der Waals surface area contributed by atoms with Gasteiger partial charge in [0.25, 0.3) is 0 Å². The van der Waals surface area contributed by atoms with Gasteiger partial charge in [-0.15, -0.1) is 0 Å². The maximum atomic E-state index is 5.97. The summed E-state index contributed by atoms with van der Waals surface area (Å²) in [4.78, 5) is 0. The minimum absolute atomic E-state index is 0.194. The van der Waals surface area contributed by atoms with Gasteiger partial charge in [-0.2, -0.15) is 0 Å². The third-order valence-corrected chi connectivity index (χ3v) is 4.70. The van der Waals surface area contributed by atoms with E-state index >= 15 is 0 Å². The second kappa shape index (κ2) is 6.36. The van der Waals surface area contributed by atoms with Crippen molar-refractivity contribution in [2.75, 3.05) is 13.7 Å². The Bertz CT molecular complexity index is 719. The summed E-state index contributed by atoms with van der Waals surface area (Å²) >= 11 is 0. The Kier molecular flexibility index (Phi) is 4.07. The van der Waals surface area contributed by atoms with Gasteiger partial charge in [-0.25, -0.2) is 0 Å². The fourth-order valence-electron chi connectivity index (χ4n) is 3.55. The maximum absolute atomic E-state index is 5.97. The largest absolute Gasteiger partial charge is 0.496 e. The van der Waals surface area contributed by atoms with E-state index in [9.17, 15) is 0 Å². The zero-order valence-electron chi connectivity index (χ0n) is 14.2. The molecule has 0 fully saturated rings. The van der Waals surface area contributed by atoms with Crippen LogP contribution >= 0.6 is 0 Å². The molecule has 0 saturated heterocycles. The Hall–Kier alpha value is -2.20. The molecule has 4 heteroatoms. The van der Waals surface area contributed by atoms with E-state index in [-0.39, 0.29) is 12.2 Å². The predicted octanol–water partition coefficient (Wildman–Crippen LogP) is 3.11. The standard InChI is InChI=1S/C20H23NO3/c1-13-7-15-9-19(22-2)16(10-20(15)23-13)11-21-12-17-8-14-5-3-4-6-18(14)24-17/h3-6,9-10,13,17,21H,7-8,11-12H2,1-2H3/t13-,17-/m0/s1. The van der Waals surface area contributed by atoms with E-state index in [2.05, 4.69) is 36.5 Å². The molecule has 0 aliphatic carbocycles. The lowest BCUT2D eigenvalue weighted by Gasteiger charge is -2.14. The average Bonchev–Trinajstić information content (AvgIpc) is 3.15. The molecular weight excluding hydrogens is 302 g/mol. The number of ether oxygens (including phenoxy) is 3. The Morgan fingerprint density at radius 1 is 1.08 bits per heavy atom. The van der Waals surface area contributed by atoms with E-state index in [1.54, 1.807) is 7.11 Å². The highest BCUT2D eigenvalue weighted by atomic mass is 16.5. The van der Waals surface area contributed by atoms with Crippen LogP contribution in [0.15, 0.2) is 36.4 Å². The number of rotatable bonds is 5. The zero-order chi connectivity index (χ0) is 16.5. The first kappa shape index (κ1) is 15.3. The number of methoxy groups -OCH3 is 1. The summed E-state index contributed by atoms with van der Waals surface area (Å²) in [5.74, 6) is 2.93. The molecule has 2 aliphatic heterocycles. The molecule has 2 atom stereocenters. The molecule has 126 valence electrons. The first-order valence-corrected chi connectivity index (χ1v) is 8.54. The molecule has 0 spiro atoms. The third-order valence-electron chi connectivity index (χ3n) is 4.70. The molecule has 2 aliphatic rings. The summed E-state index contributed by atoms with van der Waals surface area (Å²) in [5.41, 5.74) is 3.65. The lowest BCUT2D eigenvalue weighted by Crippen LogP contribution is -2.29. The van der Waals surface area contributed by atoms with Crippen LogP contribution in [0.5, 0.6) is 17.2 Å². The number of para-hydroxylation sites is 1. The van der Waals surface area contributed by atoms with Gasteiger partial charge in [0.2, 0.25) is 0 Å². The van der Waals surface area contributed by atoms with Crippen LogP contribution < -0.4 is 19.5 Å². The van der Waals surface area contributed by atoms with Crippen molar-refractivity contribution in [1.82, 2.24) is 5.32 Å². The Balaban J connectivity index is 1.38. The van der Waals surface area contributed by atoms with Gasteiger partial charge in [0.15, 0.2) is 0 Å². The van der Waals surface area contributed by atoms with Crippen LogP contribution in [0.4, 0.5) is 0 Å². The van der Waals surface area contributed by atoms with E-state index in [0.717, 1.165) is 48.7 Å². The SMILES string of the molecule is COc1cc2c(cc1CNC[C@@H]1Cc3ccccc3O1)O[C@@H](C)C2. The van der Waals surface area contributed by atoms with Crippen molar-refractivity contribution in [2.45, 2.75) is 38.5 Å². The summed E-state index contributed by atoms with van der Waals surface area (Å²) in [5, 5.41) is 3.50. The minimum atomic E-state index is 0.194. The van der Waals surface area contributed by atoms with Gasteiger partial charge in [0.05, 0.1) is 7.11 Å². The van der Waals surface area contributed by atoms with Crippen molar-refractivity contribution in [3.05, 3.63) is 53.1 Å². The summed E-state index contributed by atoms with van der Waals surface area (Å²) < 4.78 is 17.4. The summed E-state index contributed by atoms with van der Waals surface area (Å²) in [6, 6.07) is 12.5. The molecule has 4 nitrogen and oxygen atoms in total. The van der Waals surface area contributed by atoms with Gasteiger partial charge in [0, 0.05) is 37.1 Å². The van der Waals surface area contributed by atoms with E-state index in [0.29, 0.717) is 0 Å². The van der Waals surface area contributed by atoms with Crippen LogP contribution in [0.2, 0.25) is 0 Å². The highest BCUT2D eigenvalue weighted by Gasteiger charge is 2.23. The highest BCUT2D eigenvalue weighted by molar-refractivity contribution is 5.48. The van der Waals surface area contributed by atoms with Crippen molar-refractivity contribution < 1.29 is 14.2 Å². The molecule has 0 saturated carbocycles. The van der Waals surface area contributed by atoms with Crippen LogP contribution in [0.3, 0.4) is 0 Å². The molecule has 0 unspecified atom stereocenters. The number of fused-ring (bicyclic) bond motifs is 2. The molecule has 0 bridgehead atoms. The molecule has 0 radical (unpaired) electrons. The number of hydrogen-bond donors (Lipinski definition) is 1. The maximum Gasteiger partial charge on any atom is 0.123 e. The smallest absolute Gasteiger partial charge is 0.123 e. The van der Waals surface area contributed by atoms with Gasteiger partial charge in [-0.3, -0.25) is 0 Å². The third kappa shape index (κ3) is 2.94. The van der Waals surface area contributed by atoms with Gasteiger partial charge < -0.3 is 19.5 Å². The quantitative estimate of drug-likeness (QED) is 0.917. The molecule has 0 aromatic heterocycles. The summed E-state index contributed by atoms with van der Waals surface area (Å²) in [7, 11) is 1.72. The first-order valence-electron chi connectivity index (χ1n) is 8.54. The number of benzene rings is 2. The Labute approximate surface area is 142 Å². The fourth-order valence-corrected chi connectivity index (χ4v) is 3.55. The van der Waals surface area contributed by atoms with Crippen molar-refractivity contribution in [1.29, 1.82) is 0 Å². The number of hydrogen-bond acceptors (Lipinski definition) is 4. The molecule has 4 rings (SSSR count). The normalized spacial score (nSPS) is 20.9. The molecular formula is C20H23NO3. The molecule has 2 aromatic rings. The molecule has 0 amide bonds. The monoisotopic (exact) mass is 325 g/mol. The molecule has 2 aromatic carbocycles. The van der Waals surface area contributed by atoms with Crippen molar-refractivity contribution in [3.8, 4) is 17.2 Å². The lowest BCUT2D eigenvalue weighted by atomic mass is 10.1. The van der Waals surface area contributed by atoms with Gasteiger partial charge in [-0.05, 0) is 30.7 Å². The average molecular weight is 325 g/mol. The predicted molar refractivity (Wildman–Crippen MR) is 93.1 cm³/mol. The number of nitrogens with one attached hydrogen (secondary N) is 1. The van der Waals surface area contributed by atoms with Gasteiger partial charge in [-0.1, -0.05) is 18.2 Å². The summed E-state index contributed by atoms with van der Waals surface area (Å²) in [6.07, 6.45) is 2.36. The molecule has 2 heterocycles. The van der Waals surface area contributed by atoms with Crippen LogP contribution in [-0.2, 0) is 19.4 Å². The molecule has 1 N–H and O–H groups in total. The van der Waals surface area contributed by atoms with Crippen LogP contribution in [-0.4, -0.2) is 25.9 Å². The van der Waals surface area contributed by atoms with Crippen LogP contribution in [0.1, 0.15) is 23.6 Å². The lowest BCUT2D eigenvalue weighted by molar-refractivity contribution is 0.227. The van der Waals surface area contributed by atoms with Gasteiger partial charge in [0.1, 0.15) is 29.5 Å². The van der Waals surface area contributed by atoms with E-state index in [1.807, 2.05) is 12.1 Å². The Morgan fingerprint density at radius 2 is 1.96 bits per heavy atom. The van der Waals surface area contributed by atoms with Crippen LogP contribution in [0, 0.1) is 0 Å². The minimum Gasteiger partial charge on any atom is -0.496 e. The van der Waals surface area contributed by atoms with Crippen LogP contribution in [0.25, 0.3) is 0 Å². The van der Waals surface area contributed by atoms with Crippen molar-refractivity contribution >= 4 is 0 Å². The van der Waals surface area contributed by atoms with E-state index in [1.165, 1.54) is 11.1 Å². The topological polar surface area (TPSA) is 39.7 Å². The zero-order valence-corrected chi connectivity index (χ0v) is 14.2. The highest BCUT2D eigenvalue weighted by Crippen LogP contribution is 2.35. The van der Waals surface area contributed by atoms with Crippen molar-refractivity contribution in [3.63, 3.8) is 0 Å². The Morgan fingerprint density at radius 3 is 2.79 bits per heavy atom. The van der Waals surface area contributed by atoms with Crippen molar-refractivity contribution in [2.24, 2.45) is 0 Å². The summed E-state index contributed by atoms with van der Waals surface area (Å²) in [6.45, 7) is 3.65.